The van der Waals surface area contributed by atoms with E-state index >= 15 is 0 Å². The van der Waals surface area contributed by atoms with Crippen LogP contribution in [0.5, 0.6) is 0 Å². The number of hydrogen-bond donors (Lipinski definition) is 1. The SMILES string of the molecule is Cc1ccc(Cn2c(C)c(N3CCOCC3)c(C)c2C(=O)Nc2cccc(F)c2)cc1. The van der Waals surface area contributed by atoms with Gasteiger partial charge in [-0.25, -0.2) is 4.39 Å². The second kappa shape index (κ2) is 8.94. The predicted molar refractivity (Wildman–Crippen MR) is 122 cm³/mol. The van der Waals surface area contributed by atoms with Crippen molar-refractivity contribution in [3.63, 3.8) is 0 Å². The molecule has 2 aromatic carbocycles. The van der Waals surface area contributed by atoms with Gasteiger partial charge in [-0.1, -0.05) is 35.9 Å². The van der Waals surface area contributed by atoms with Crippen LogP contribution in [-0.4, -0.2) is 36.8 Å². The molecule has 0 unspecified atom stereocenters. The lowest BCUT2D eigenvalue weighted by molar-refractivity contribution is 0.101. The number of amides is 1. The van der Waals surface area contributed by atoms with Gasteiger partial charge < -0.3 is 19.5 Å². The van der Waals surface area contributed by atoms with Crippen molar-refractivity contribution in [2.24, 2.45) is 0 Å². The molecule has 1 amide bonds. The average molecular weight is 422 g/mol. The molecule has 2 heterocycles. The highest BCUT2D eigenvalue weighted by Crippen LogP contribution is 2.33. The quantitative estimate of drug-likeness (QED) is 0.650. The summed E-state index contributed by atoms with van der Waals surface area (Å²) >= 11 is 0. The van der Waals surface area contributed by atoms with E-state index in [1.165, 1.54) is 17.7 Å². The molecule has 0 spiro atoms. The van der Waals surface area contributed by atoms with E-state index in [9.17, 15) is 9.18 Å². The van der Waals surface area contributed by atoms with E-state index in [-0.39, 0.29) is 11.7 Å². The van der Waals surface area contributed by atoms with Crippen LogP contribution in [-0.2, 0) is 11.3 Å². The first-order valence-corrected chi connectivity index (χ1v) is 10.6. The minimum atomic E-state index is -0.380. The number of morpholine rings is 1. The summed E-state index contributed by atoms with van der Waals surface area (Å²) < 4.78 is 21.2. The summed E-state index contributed by atoms with van der Waals surface area (Å²) in [5.41, 5.74) is 6.42. The van der Waals surface area contributed by atoms with Crippen LogP contribution in [0.1, 0.15) is 32.9 Å². The van der Waals surface area contributed by atoms with Gasteiger partial charge in [0.25, 0.3) is 5.91 Å². The monoisotopic (exact) mass is 421 g/mol. The van der Waals surface area contributed by atoms with Crippen LogP contribution in [0.3, 0.4) is 0 Å². The zero-order valence-electron chi connectivity index (χ0n) is 18.2. The van der Waals surface area contributed by atoms with Crippen molar-refractivity contribution in [2.45, 2.75) is 27.3 Å². The lowest BCUT2D eigenvalue weighted by atomic mass is 10.1. The molecule has 31 heavy (non-hydrogen) atoms. The van der Waals surface area contributed by atoms with Crippen LogP contribution in [0.15, 0.2) is 48.5 Å². The first kappa shape index (κ1) is 21.1. The van der Waals surface area contributed by atoms with Crippen LogP contribution in [0, 0.1) is 26.6 Å². The summed E-state index contributed by atoms with van der Waals surface area (Å²) in [6, 6.07) is 14.3. The molecule has 1 aromatic heterocycles. The second-order valence-electron chi connectivity index (χ2n) is 8.04. The normalized spacial score (nSPS) is 14.0. The number of nitrogens with one attached hydrogen (secondary N) is 1. The van der Waals surface area contributed by atoms with Crippen molar-refractivity contribution < 1.29 is 13.9 Å². The van der Waals surface area contributed by atoms with Gasteiger partial charge in [-0.3, -0.25) is 4.79 Å². The van der Waals surface area contributed by atoms with Gasteiger partial charge in [0, 0.05) is 36.6 Å². The Labute approximate surface area is 182 Å². The van der Waals surface area contributed by atoms with Crippen molar-refractivity contribution >= 4 is 17.3 Å². The fourth-order valence-corrected chi connectivity index (χ4v) is 4.26. The maximum Gasteiger partial charge on any atom is 0.272 e. The van der Waals surface area contributed by atoms with Crippen LogP contribution in [0.2, 0.25) is 0 Å². The number of halogens is 1. The van der Waals surface area contributed by atoms with Gasteiger partial charge in [-0.15, -0.1) is 0 Å². The van der Waals surface area contributed by atoms with Gasteiger partial charge in [0.1, 0.15) is 11.5 Å². The highest BCUT2D eigenvalue weighted by atomic mass is 19.1. The standard InChI is InChI=1S/C25H28FN3O2/c1-17-7-9-20(10-8-17)16-29-19(3)23(28-11-13-31-14-12-28)18(2)24(29)25(30)27-22-6-4-5-21(26)15-22/h4-10,15H,11-14,16H2,1-3H3,(H,27,30). The first-order chi connectivity index (χ1) is 14.9. The number of aryl methyl sites for hydroxylation is 1. The number of aromatic nitrogens is 1. The Hall–Kier alpha value is -3.12. The summed E-state index contributed by atoms with van der Waals surface area (Å²) in [7, 11) is 0. The highest BCUT2D eigenvalue weighted by Gasteiger charge is 2.27. The van der Waals surface area contributed by atoms with Gasteiger partial charge in [-0.2, -0.15) is 0 Å². The number of ether oxygens (including phenoxy) is 1. The molecule has 0 atom stereocenters. The lowest BCUT2D eigenvalue weighted by Gasteiger charge is -2.29. The number of carbonyl (C=O) groups is 1. The third-order valence-corrected chi connectivity index (χ3v) is 5.81. The van der Waals surface area contributed by atoms with E-state index < -0.39 is 0 Å². The van der Waals surface area contributed by atoms with Crippen molar-refractivity contribution in [1.29, 1.82) is 0 Å². The molecule has 1 fully saturated rings. The van der Waals surface area contributed by atoms with Crippen LogP contribution < -0.4 is 10.2 Å². The second-order valence-corrected chi connectivity index (χ2v) is 8.04. The number of hydrogen-bond acceptors (Lipinski definition) is 3. The average Bonchev–Trinajstić information content (AvgIpc) is 3.00. The van der Waals surface area contributed by atoms with Gasteiger partial charge in [0.15, 0.2) is 0 Å². The number of benzene rings is 2. The fraction of sp³-hybridized carbons (Fsp3) is 0.320. The molecular formula is C25H28FN3O2. The zero-order valence-corrected chi connectivity index (χ0v) is 18.2. The summed E-state index contributed by atoms with van der Waals surface area (Å²) in [6.07, 6.45) is 0. The first-order valence-electron chi connectivity index (χ1n) is 10.6. The maximum absolute atomic E-state index is 13.6. The van der Waals surface area contributed by atoms with Gasteiger partial charge in [-0.05, 0) is 44.5 Å². The predicted octanol–water partition coefficient (Wildman–Crippen LogP) is 4.69. The third kappa shape index (κ3) is 4.49. The molecule has 1 aliphatic rings. The fourth-order valence-electron chi connectivity index (χ4n) is 4.26. The van der Waals surface area contributed by atoms with Crippen molar-refractivity contribution in [1.82, 2.24) is 4.57 Å². The van der Waals surface area contributed by atoms with Gasteiger partial charge in [0.05, 0.1) is 18.9 Å². The molecule has 0 radical (unpaired) electrons. The van der Waals surface area contributed by atoms with E-state index in [1.807, 2.05) is 6.92 Å². The van der Waals surface area contributed by atoms with Gasteiger partial charge in [0.2, 0.25) is 0 Å². The van der Waals surface area contributed by atoms with Crippen LogP contribution in [0.4, 0.5) is 15.8 Å². The molecule has 1 aliphatic heterocycles. The Morgan fingerprint density at radius 1 is 1.06 bits per heavy atom. The summed E-state index contributed by atoms with van der Waals surface area (Å²) in [5.74, 6) is -0.618. The third-order valence-electron chi connectivity index (χ3n) is 5.81. The molecular weight excluding hydrogens is 393 g/mol. The lowest BCUT2D eigenvalue weighted by Crippen LogP contribution is -2.36. The minimum absolute atomic E-state index is 0.238. The number of nitrogens with zero attached hydrogens (tertiary/aromatic N) is 2. The molecule has 5 nitrogen and oxygen atoms in total. The van der Waals surface area contributed by atoms with E-state index in [1.54, 1.807) is 12.1 Å². The van der Waals surface area contributed by atoms with Gasteiger partial charge >= 0.3 is 0 Å². The Morgan fingerprint density at radius 2 is 1.77 bits per heavy atom. The topological polar surface area (TPSA) is 46.5 Å². The number of rotatable bonds is 5. The summed E-state index contributed by atoms with van der Waals surface area (Å²) in [6.45, 7) is 9.63. The molecule has 162 valence electrons. The van der Waals surface area contributed by atoms with E-state index in [2.05, 4.69) is 52.9 Å². The molecule has 0 bridgehead atoms. The van der Waals surface area contributed by atoms with Crippen molar-refractivity contribution in [2.75, 3.05) is 36.5 Å². The summed E-state index contributed by atoms with van der Waals surface area (Å²) in [5, 5.41) is 2.88. The van der Waals surface area contributed by atoms with Crippen LogP contribution in [0.25, 0.3) is 0 Å². The molecule has 4 rings (SSSR count). The van der Waals surface area contributed by atoms with E-state index in [0.29, 0.717) is 31.1 Å². The van der Waals surface area contributed by atoms with Crippen LogP contribution >= 0.6 is 0 Å². The molecule has 3 aromatic rings. The number of carbonyl (C=O) groups excluding carboxylic acids is 1. The molecule has 6 heteroatoms. The van der Waals surface area contributed by atoms with Crippen molar-refractivity contribution in [3.8, 4) is 0 Å². The number of anilines is 2. The van der Waals surface area contributed by atoms with Crippen molar-refractivity contribution in [3.05, 3.63) is 82.4 Å². The zero-order chi connectivity index (χ0) is 22.0. The smallest absolute Gasteiger partial charge is 0.272 e. The van der Waals surface area contributed by atoms with E-state index in [0.717, 1.165) is 35.6 Å². The molecule has 0 aliphatic carbocycles. The minimum Gasteiger partial charge on any atom is -0.378 e. The molecule has 0 saturated carbocycles. The largest absolute Gasteiger partial charge is 0.378 e. The highest BCUT2D eigenvalue weighted by molar-refractivity contribution is 6.05. The Balaban J connectivity index is 1.75. The molecule has 1 saturated heterocycles. The Morgan fingerprint density at radius 3 is 2.45 bits per heavy atom. The molecule has 1 N–H and O–H groups in total. The Bertz CT molecular complexity index is 1080. The Kier molecular flexibility index (Phi) is 6.09. The summed E-state index contributed by atoms with van der Waals surface area (Å²) in [4.78, 5) is 15.7. The van der Waals surface area contributed by atoms with E-state index in [4.69, 9.17) is 4.74 Å². The maximum atomic E-state index is 13.6.